The molecule has 0 aromatic rings. The number of urea groups is 1. The quantitative estimate of drug-likeness (QED) is 0.785. The van der Waals surface area contributed by atoms with Crippen LogP contribution in [0.2, 0.25) is 0 Å². The molecule has 21 heavy (non-hydrogen) atoms. The minimum Gasteiger partial charge on any atom is -0.352 e. The summed E-state index contributed by atoms with van der Waals surface area (Å²) in [5.41, 5.74) is 5.10. The van der Waals surface area contributed by atoms with Crippen molar-refractivity contribution in [1.82, 2.24) is 13.9 Å². The Balaban J connectivity index is 1.96. The van der Waals surface area contributed by atoms with Crippen molar-refractivity contribution in [3.05, 3.63) is 0 Å². The molecule has 0 aromatic carbocycles. The van der Waals surface area contributed by atoms with E-state index in [2.05, 4.69) is 19.2 Å². The van der Waals surface area contributed by atoms with Crippen molar-refractivity contribution in [2.45, 2.75) is 39.2 Å². The lowest BCUT2D eigenvalue weighted by Crippen LogP contribution is -2.53. The number of amides is 2. The number of nitrogens with one attached hydrogen (secondary N) is 1. The van der Waals surface area contributed by atoms with Gasteiger partial charge >= 0.3 is 6.03 Å². The van der Waals surface area contributed by atoms with Crippen molar-refractivity contribution >= 4 is 16.2 Å². The zero-order valence-corrected chi connectivity index (χ0v) is 13.6. The molecule has 2 fully saturated rings. The van der Waals surface area contributed by atoms with Gasteiger partial charge < -0.3 is 11.1 Å². The maximum atomic E-state index is 12.7. The molecule has 7 nitrogen and oxygen atoms in total. The van der Waals surface area contributed by atoms with E-state index in [1.807, 2.05) is 0 Å². The summed E-state index contributed by atoms with van der Waals surface area (Å²) in [6, 6.07) is -0.567. The molecule has 0 saturated carbocycles. The Hall–Kier alpha value is -0.860. The average Bonchev–Trinajstić information content (AvgIpc) is 2.37. The minimum atomic E-state index is -3.38. The van der Waals surface area contributed by atoms with Gasteiger partial charge in [-0.3, -0.25) is 0 Å². The van der Waals surface area contributed by atoms with Gasteiger partial charge in [0.05, 0.1) is 0 Å². The zero-order valence-electron chi connectivity index (χ0n) is 12.8. The fourth-order valence-corrected chi connectivity index (χ4v) is 5.27. The summed E-state index contributed by atoms with van der Waals surface area (Å²) in [5.74, 6) is 0.801. The average molecular weight is 318 g/mol. The number of primary amides is 1. The van der Waals surface area contributed by atoms with Crippen LogP contribution in [-0.4, -0.2) is 55.3 Å². The molecule has 122 valence electrons. The highest BCUT2D eigenvalue weighted by Crippen LogP contribution is 2.26. The van der Waals surface area contributed by atoms with Gasteiger partial charge in [-0.1, -0.05) is 13.8 Å². The zero-order chi connectivity index (χ0) is 15.6. The maximum Gasteiger partial charge on any atom is 0.312 e. The lowest BCUT2D eigenvalue weighted by atomic mass is 9.94. The van der Waals surface area contributed by atoms with E-state index < -0.39 is 16.2 Å². The van der Waals surface area contributed by atoms with Gasteiger partial charge in [-0.25, -0.2) is 4.79 Å². The summed E-state index contributed by atoms with van der Waals surface area (Å²) in [6.07, 6.45) is 2.30. The van der Waals surface area contributed by atoms with Gasteiger partial charge in [0.25, 0.3) is 10.2 Å². The Labute approximate surface area is 127 Å². The number of piperidine rings is 2. The Bertz CT molecular complexity index is 464. The fourth-order valence-electron chi connectivity index (χ4n) is 3.39. The van der Waals surface area contributed by atoms with Crippen molar-refractivity contribution in [1.29, 1.82) is 0 Å². The van der Waals surface area contributed by atoms with Crippen LogP contribution in [-0.2, 0) is 10.2 Å². The lowest BCUT2D eigenvalue weighted by molar-refractivity contribution is 0.198. The highest BCUT2D eigenvalue weighted by Gasteiger charge is 2.36. The van der Waals surface area contributed by atoms with E-state index in [4.69, 9.17) is 5.73 Å². The highest BCUT2D eigenvalue weighted by atomic mass is 32.2. The van der Waals surface area contributed by atoms with E-state index >= 15 is 0 Å². The largest absolute Gasteiger partial charge is 0.352 e. The third-order valence-electron chi connectivity index (χ3n) is 4.29. The smallest absolute Gasteiger partial charge is 0.312 e. The normalized spacial score (nSPS) is 30.2. The molecule has 0 aromatic heterocycles. The van der Waals surface area contributed by atoms with Gasteiger partial charge in [0.2, 0.25) is 0 Å². The molecule has 2 atom stereocenters. The highest BCUT2D eigenvalue weighted by molar-refractivity contribution is 7.86. The monoisotopic (exact) mass is 318 g/mol. The Morgan fingerprint density at radius 3 is 2.10 bits per heavy atom. The van der Waals surface area contributed by atoms with Crippen LogP contribution in [0.1, 0.15) is 33.1 Å². The molecule has 2 aliphatic heterocycles. The van der Waals surface area contributed by atoms with Crippen LogP contribution in [0.3, 0.4) is 0 Å². The summed E-state index contributed by atoms with van der Waals surface area (Å²) < 4.78 is 28.6. The number of carbonyl (C=O) groups is 1. The van der Waals surface area contributed by atoms with Crippen molar-refractivity contribution < 1.29 is 13.2 Å². The molecule has 0 radical (unpaired) electrons. The first kappa shape index (κ1) is 16.5. The Morgan fingerprint density at radius 2 is 1.62 bits per heavy atom. The van der Waals surface area contributed by atoms with E-state index in [-0.39, 0.29) is 6.04 Å². The molecule has 3 N–H and O–H groups in total. The van der Waals surface area contributed by atoms with Crippen LogP contribution in [0, 0.1) is 11.8 Å². The third-order valence-corrected chi connectivity index (χ3v) is 6.26. The van der Waals surface area contributed by atoms with Crippen molar-refractivity contribution in [2.75, 3.05) is 26.2 Å². The van der Waals surface area contributed by atoms with Gasteiger partial charge in [0.1, 0.15) is 0 Å². The molecular weight excluding hydrogens is 292 g/mol. The molecule has 0 spiro atoms. The van der Waals surface area contributed by atoms with Gasteiger partial charge in [-0.05, 0) is 31.1 Å². The van der Waals surface area contributed by atoms with Crippen molar-refractivity contribution in [3.63, 3.8) is 0 Å². The van der Waals surface area contributed by atoms with Crippen LogP contribution in [0.25, 0.3) is 0 Å². The first-order valence-corrected chi connectivity index (χ1v) is 9.00. The van der Waals surface area contributed by atoms with Crippen LogP contribution >= 0.6 is 0 Å². The fraction of sp³-hybridized carbons (Fsp3) is 0.923. The molecule has 2 saturated heterocycles. The number of hydrogen-bond donors (Lipinski definition) is 2. The van der Waals surface area contributed by atoms with Crippen LogP contribution in [0.15, 0.2) is 0 Å². The second kappa shape index (κ2) is 6.50. The molecule has 2 aliphatic rings. The summed E-state index contributed by atoms with van der Waals surface area (Å²) in [4.78, 5) is 10.8. The van der Waals surface area contributed by atoms with E-state index in [1.165, 1.54) is 4.31 Å². The SMILES string of the molecule is CC1CC(C)CN(S(=O)(=O)N2CCC(NC(N)=O)CC2)C1. The van der Waals surface area contributed by atoms with Gasteiger partial charge in [-0.2, -0.15) is 17.0 Å². The molecule has 2 rings (SSSR count). The van der Waals surface area contributed by atoms with Crippen LogP contribution in [0.5, 0.6) is 0 Å². The lowest BCUT2D eigenvalue weighted by Gasteiger charge is -2.39. The molecule has 2 heterocycles. The summed E-state index contributed by atoms with van der Waals surface area (Å²) in [6.45, 7) is 6.28. The number of carbonyl (C=O) groups excluding carboxylic acids is 1. The minimum absolute atomic E-state index is 0.0202. The van der Waals surface area contributed by atoms with Gasteiger partial charge in [0.15, 0.2) is 0 Å². The summed E-state index contributed by atoms with van der Waals surface area (Å²) in [7, 11) is -3.38. The van der Waals surface area contributed by atoms with Gasteiger partial charge in [-0.15, -0.1) is 0 Å². The summed E-state index contributed by atoms with van der Waals surface area (Å²) in [5, 5.41) is 2.65. The Morgan fingerprint density at radius 1 is 1.10 bits per heavy atom. The van der Waals surface area contributed by atoms with E-state index in [0.29, 0.717) is 50.9 Å². The second-order valence-corrected chi connectivity index (χ2v) is 8.38. The number of hydrogen-bond acceptors (Lipinski definition) is 3. The Kier molecular flexibility index (Phi) is 5.11. The second-order valence-electron chi connectivity index (χ2n) is 6.45. The van der Waals surface area contributed by atoms with Crippen molar-refractivity contribution in [3.8, 4) is 0 Å². The molecule has 0 aliphatic carbocycles. The van der Waals surface area contributed by atoms with Crippen LogP contribution in [0.4, 0.5) is 4.79 Å². The molecule has 2 amide bonds. The molecule has 2 unspecified atom stereocenters. The maximum absolute atomic E-state index is 12.7. The predicted octanol–water partition coefficient (Wildman–Crippen LogP) is 0.342. The van der Waals surface area contributed by atoms with Crippen LogP contribution < -0.4 is 11.1 Å². The van der Waals surface area contributed by atoms with E-state index in [1.54, 1.807) is 4.31 Å². The third kappa shape index (κ3) is 4.08. The molecular formula is C13H26N4O3S. The molecule has 8 heteroatoms. The number of nitrogens with zero attached hydrogens (tertiary/aromatic N) is 2. The standard InChI is InChI=1S/C13H26N4O3S/c1-10-7-11(2)9-17(8-10)21(19,20)16-5-3-12(4-6-16)15-13(14)18/h10-12H,3-9H2,1-2H3,(H3,14,15,18). The summed E-state index contributed by atoms with van der Waals surface area (Å²) >= 11 is 0. The first-order valence-electron chi connectivity index (χ1n) is 7.60. The van der Waals surface area contributed by atoms with E-state index in [0.717, 1.165) is 6.42 Å². The number of rotatable bonds is 3. The van der Waals surface area contributed by atoms with Crippen molar-refractivity contribution in [2.24, 2.45) is 17.6 Å². The topological polar surface area (TPSA) is 95.7 Å². The first-order chi connectivity index (χ1) is 9.79. The predicted molar refractivity (Wildman–Crippen MR) is 80.8 cm³/mol. The van der Waals surface area contributed by atoms with E-state index in [9.17, 15) is 13.2 Å². The molecule has 0 bridgehead atoms. The van der Waals surface area contributed by atoms with Gasteiger partial charge in [0, 0.05) is 32.2 Å². The number of nitrogens with two attached hydrogens (primary N) is 1.